The van der Waals surface area contributed by atoms with Crippen molar-refractivity contribution in [3.63, 3.8) is 0 Å². The Morgan fingerprint density at radius 2 is 0.787 bits per heavy atom. The summed E-state index contributed by atoms with van der Waals surface area (Å²) in [5, 5.41) is 0. The molecule has 0 radical (unpaired) electrons. The van der Waals surface area contributed by atoms with Crippen LogP contribution in [0, 0.1) is 41.5 Å². The standard InChI is InChI=1S/C56H66O14P2.C3H6/c1-35-33-37(3)51(69-71(65-42(8)41(7)53-57-25-15-26-58-53)66-46-22-12-9-19-43(46)54-59-27-16-28-60-54)49(39(35)5)50-40(6)36(2)34-38(4)52(50)70-72(67-47-23-13-10-20-44(47)55-61-29-17-30-62-55)68-48-24-14-11-21-45(48)56-63-31-18-32-64-56;1-3-2/h9-14,19-24,33-34,53-56H,15-18,25-32H2,1-8H3;3H,1H2,2H3/b42-41-;. The molecule has 4 fully saturated rings. The normalized spacial score (nSPS) is 17.8. The van der Waals surface area contributed by atoms with Gasteiger partial charge in [-0.25, -0.2) is 0 Å². The fourth-order valence-corrected chi connectivity index (χ4v) is 11.2. The molecule has 0 amide bonds. The largest absolute Gasteiger partial charge is 0.530 e. The van der Waals surface area contributed by atoms with Crippen molar-refractivity contribution in [2.24, 2.45) is 0 Å². The number of allylic oxidation sites excluding steroid dienone is 2. The topological polar surface area (TPSA) is 129 Å². The van der Waals surface area contributed by atoms with Crippen LogP contribution in [-0.2, 0) is 42.4 Å². The van der Waals surface area contributed by atoms with Crippen molar-refractivity contribution in [3.05, 3.63) is 159 Å². The van der Waals surface area contributed by atoms with Gasteiger partial charge in [-0.15, -0.1) is 6.58 Å². The SMILES string of the molecule is C/C(OP(Oc1ccccc1C1OCCCO1)Oc1c(C)cc(C)c(C)c1-c1c(C)c(C)cc(C)c1OP(Oc1ccccc1C1OCCCO1)Oc1ccccc1C1OCCCO1)=C(\C)C1OCCCO1.C=CC. The molecule has 0 saturated carbocycles. The molecule has 5 aromatic carbocycles. The summed E-state index contributed by atoms with van der Waals surface area (Å²) in [4.78, 5) is 0. The van der Waals surface area contributed by atoms with E-state index in [1.165, 1.54) is 0 Å². The molecule has 0 bridgehead atoms. The number of hydrogen-bond acceptors (Lipinski definition) is 14. The zero-order valence-corrected chi connectivity index (χ0v) is 46.6. The Morgan fingerprint density at radius 1 is 0.467 bits per heavy atom. The highest BCUT2D eigenvalue weighted by atomic mass is 31.2. The molecule has 0 aliphatic carbocycles. The summed E-state index contributed by atoms with van der Waals surface area (Å²) in [6, 6.07) is 27.2. The minimum Gasteiger partial charge on any atom is -0.413 e. The lowest BCUT2D eigenvalue weighted by Gasteiger charge is -2.29. The zero-order chi connectivity index (χ0) is 52.8. The van der Waals surface area contributed by atoms with Gasteiger partial charge in [0.1, 0.15) is 34.5 Å². The number of ether oxygens (including phenoxy) is 8. The van der Waals surface area contributed by atoms with Crippen LogP contribution in [0.25, 0.3) is 11.1 Å². The number of para-hydroxylation sites is 3. The van der Waals surface area contributed by atoms with Crippen molar-refractivity contribution in [1.82, 2.24) is 0 Å². The predicted octanol–water partition coefficient (Wildman–Crippen LogP) is 15.2. The molecule has 16 heteroatoms. The first-order valence-corrected chi connectivity index (χ1v) is 28.0. The van der Waals surface area contributed by atoms with Gasteiger partial charge in [0.15, 0.2) is 25.2 Å². The van der Waals surface area contributed by atoms with Gasteiger partial charge in [-0.2, -0.15) is 0 Å². The van der Waals surface area contributed by atoms with Gasteiger partial charge >= 0.3 is 17.2 Å². The Hall–Kier alpha value is -5.08. The molecule has 4 aliphatic heterocycles. The lowest BCUT2D eigenvalue weighted by molar-refractivity contribution is -0.183. The van der Waals surface area contributed by atoms with E-state index in [4.69, 9.17) is 65.0 Å². The van der Waals surface area contributed by atoms with Crippen LogP contribution in [0.1, 0.15) is 115 Å². The second kappa shape index (κ2) is 27.3. The van der Waals surface area contributed by atoms with Crippen molar-refractivity contribution in [2.75, 3.05) is 52.9 Å². The molecule has 75 heavy (non-hydrogen) atoms. The maximum absolute atomic E-state index is 7.28. The van der Waals surface area contributed by atoms with Crippen LogP contribution in [0.2, 0.25) is 0 Å². The van der Waals surface area contributed by atoms with Crippen molar-refractivity contribution < 1.29 is 65.0 Å². The van der Waals surface area contributed by atoms with Crippen LogP contribution in [0.3, 0.4) is 0 Å². The average molecular weight is 1070 g/mol. The first kappa shape index (κ1) is 56.1. The first-order valence-electron chi connectivity index (χ1n) is 25.8. The van der Waals surface area contributed by atoms with E-state index < -0.39 is 42.4 Å². The Kier molecular flexibility index (Phi) is 20.4. The van der Waals surface area contributed by atoms with Crippen LogP contribution in [0.5, 0.6) is 28.7 Å². The summed E-state index contributed by atoms with van der Waals surface area (Å²) < 4.78 is 90.7. The van der Waals surface area contributed by atoms with Crippen molar-refractivity contribution in [3.8, 4) is 39.9 Å². The Labute approximate surface area is 445 Å². The highest BCUT2D eigenvalue weighted by Crippen LogP contribution is 2.56. The molecule has 0 N–H and O–H groups in total. The van der Waals surface area contributed by atoms with E-state index in [2.05, 4.69) is 46.4 Å². The summed E-state index contributed by atoms with van der Waals surface area (Å²) in [6.45, 7) is 26.1. The fraction of sp³-hybridized carbons (Fsp3) is 0.424. The van der Waals surface area contributed by atoms with E-state index in [0.29, 0.717) is 87.4 Å². The van der Waals surface area contributed by atoms with E-state index in [1.54, 1.807) is 6.08 Å². The summed E-state index contributed by atoms with van der Waals surface area (Å²) in [5.41, 5.74) is 10.3. The van der Waals surface area contributed by atoms with Gasteiger partial charge < -0.3 is 65.0 Å². The van der Waals surface area contributed by atoms with E-state index >= 15 is 0 Å². The Balaban J connectivity index is 0.00000243. The van der Waals surface area contributed by atoms with Crippen molar-refractivity contribution in [1.29, 1.82) is 0 Å². The molecule has 9 rings (SSSR count). The van der Waals surface area contributed by atoms with Gasteiger partial charge in [0.2, 0.25) is 0 Å². The molecular formula is C59H72O14P2. The third-order valence-electron chi connectivity index (χ3n) is 13.0. The third-order valence-corrected chi connectivity index (χ3v) is 15.1. The highest BCUT2D eigenvalue weighted by molar-refractivity contribution is 7.43. The van der Waals surface area contributed by atoms with Crippen LogP contribution in [-0.4, -0.2) is 59.1 Å². The van der Waals surface area contributed by atoms with E-state index in [0.717, 1.165) is 92.5 Å². The van der Waals surface area contributed by atoms with Gasteiger partial charge in [-0.05, 0) is 140 Å². The lowest BCUT2D eigenvalue weighted by atomic mass is 9.87. The number of rotatable bonds is 17. The highest BCUT2D eigenvalue weighted by Gasteiger charge is 2.35. The molecular weight excluding hydrogens is 995 g/mol. The van der Waals surface area contributed by atoms with E-state index in [-0.39, 0.29) is 0 Å². The molecule has 1 atom stereocenters. The number of benzene rings is 5. The summed E-state index contributed by atoms with van der Waals surface area (Å²) in [6.07, 6.45) is 2.55. The third kappa shape index (κ3) is 14.1. The lowest BCUT2D eigenvalue weighted by Crippen LogP contribution is -2.26. The zero-order valence-electron chi connectivity index (χ0n) is 44.8. The van der Waals surface area contributed by atoms with Crippen LogP contribution in [0.15, 0.2) is 109 Å². The monoisotopic (exact) mass is 1070 g/mol. The van der Waals surface area contributed by atoms with E-state index in [9.17, 15) is 0 Å². The van der Waals surface area contributed by atoms with Crippen LogP contribution < -0.4 is 22.6 Å². The molecule has 5 aromatic rings. The van der Waals surface area contributed by atoms with Crippen molar-refractivity contribution in [2.45, 2.75) is 113 Å². The molecule has 4 heterocycles. The van der Waals surface area contributed by atoms with Gasteiger partial charge in [0.05, 0.1) is 69.5 Å². The summed E-state index contributed by atoms with van der Waals surface area (Å²) in [5.74, 6) is 3.17. The van der Waals surface area contributed by atoms with Crippen LogP contribution in [0.4, 0.5) is 0 Å². The maximum Gasteiger partial charge on any atom is 0.530 e. The summed E-state index contributed by atoms with van der Waals surface area (Å²) in [7, 11) is -4.53. The molecule has 1 unspecified atom stereocenters. The maximum atomic E-state index is 7.28. The first-order chi connectivity index (χ1) is 36.4. The second-order valence-corrected chi connectivity index (χ2v) is 20.6. The molecule has 0 spiro atoms. The molecule has 402 valence electrons. The second-order valence-electron chi connectivity index (χ2n) is 18.6. The minimum atomic E-state index is -2.29. The van der Waals surface area contributed by atoms with Crippen molar-refractivity contribution >= 4 is 17.2 Å². The quantitative estimate of drug-likeness (QED) is 0.0497. The molecule has 14 nitrogen and oxygen atoms in total. The minimum absolute atomic E-state index is 0.500. The smallest absolute Gasteiger partial charge is 0.413 e. The van der Waals surface area contributed by atoms with Gasteiger partial charge in [-0.1, -0.05) is 72.8 Å². The fourth-order valence-electron chi connectivity index (χ4n) is 8.83. The van der Waals surface area contributed by atoms with Gasteiger partial charge in [-0.3, -0.25) is 0 Å². The Bertz CT molecular complexity index is 2660. The van der Waals surface area contributed by atoms with E-state index in [1.807, 2.05) is 107 Å². The van der Waals surface area contributed by atoms with Crippen LogP contribution >= 0.6 is 17.2 Å². The number of hydrogen-bond donors (Lipinski definition) is 0. The van der Waals surface area contributed by atoms with Gasteiger partial charge in [0, 0.05) is 16.7 Å². The summed E-state index contributed by atoms with van der Waals surface area (Å²) >= 11 is 0. The molecule has 4 aliphatic rings. The molecule has 0 aromatic heterocycles. The molecule has 4 saturated heterocycles. The Morgan fingerprint density at radius 3 is 1.16 bits per heavy atom. The number of aryl methyl sites for hydroxylation is 4. The van der Waals surface area contributed by atoms with Gasteiger partial charge in [0.25, 0.3) is 0 Å². The average Bonchev–Trinajstić information content (AvgIpc) is 3.44. The predicted molar refractivity (Wildman–Crippen MR) is 290 cm³/mol.